The van der Waals surface area contributed by atoms with Crippen molar-refractivity contribution in [1.29, 1.82) is 0 Å². The third kappa shape index (κ3) is 4.32. The lowest BCUT2D eigenvalue weighted by Gasteiger charge is -2.16. The van der Waals surface area contributed by atoms with E-state index in [1.807, 2.05) is 0 Å². The van der Waals surface area contributed by atoms with Crippen molar-refractivity contribution in [2.24, 2.45) is 0 Å². The predicted molar refractivity (Wildman–Crippen MR) is 88.5 cm³/mol. The molecule has 2 amide bonds. The molecule has 0 atom stereocenters. The van der Waals surface area contributed by atoms with Crippen molar-refractivity contribution < 1.29 is 23.1 Å². The number of amides is 2. The number of rotatable bonds is 5. The summed E-state index contributed by atoms with van der Waals surface area (Å²) in [5.41, 5.74) is 0.732. The summed E-state index contributed by atoms with van der Waals surface area (Å²) < 4.78 is 31.6. The molecule has 1 saturated heterocycles. The number of benzene rings is 2. The highest BCUT2D eigenvalue weighted by atomic mass is 19.1. The van der Waals surface area contributed by atoms with E-state index in [1.54, 1.807) is 29.2 Å². The van der Waals surface area contributed by atoms with Crippen LogP contribution in [0.2, 0.25) is 0 Å². The summed E-state index contributed by atoms with van der Waals surface area (Å²) >= 11 is 0. The van der Waals surface area contributed by atoms with Crippen LogP contribution in [0.25, 0.3) is 0 Å². The van der Waals surface area contributed by atoms with Gasteiger partial charge in [-0.1, -0.05) is 6.07 Å². The molecule has 0 aliphatic carbocycles. The van der Waals surface area contributed by atoms with E-state index in [9.17, 15) is 18.4 Å². The number of carbonyl (C=O) groups is 2. The van der Waals surface area contributed by atoms with Crippen molar-refractivity contribution in [1.82, 2.24) is 0 Å². The number of hydrogen-bond acceptors (Lipinski definition) is 3. The Bertz CT molecular complexity index is 790. The normalized spacial score (nSPS) is 13.8. The van der Waals surface area contributed by atoms with Gasteiger partial charge in [-0.3, -0.25) is 9.59 Å². The summed E-state index contributed by atoms with van der Waals surface area (Å²) in [6, 6.07) is 9.62. The smallest absolute Gasteiger partial charge is 0.262 e. The first kappa shape index (κ1) is 16.9. The molecule has 1 fully saturated rings. The molecule has 1 aliphatic heterocycles. The molecule has 7 heteroatoms. The largest absolute Gasteiger partial charge is 0.484 e. The minimum atomic E-state index is -0.779. The van der Waals surface area contributed by atoms with Gasteiger partial charge in [0.15, 0.2) is 6.61 Å². The van der Waals surface area contributed by atoms with Gasteiger partial charge >= 0.3 is 0 Å². The Morgan fingerprint density at radius 3 is 2.60 bits per heavy atom. The number of nitrogens with one attached hydrogen (secondary N) is 1. The molecular weight excluding hydrogens is 330 g/mol. The maximum absolute atomic E-state index is 13.1. The SMILES string of the molecule is O=C(COc1cccc(N2CCCC2=O)c1)Nc1cc(F)cc(F)c1. The first-order valence-corrected chi connectivity index (χ1v) is 7.80. The summed E-state index contributed by atoms with van der Waals surface area (Å²) in [5.74, 6) is -1.62. The van der Waals surface area contributed by atoms with E-state index in [1.165, 1.54) is 0 Å². The highest BCUT2D eigenvalue weighted by Crippen LogP contribution is 2.25. The first-order valence-electron chi connectivity index (χ1n) is 7.80. The zero-order valence-electron chi connectivity index (χ0n) is 13.3. The van der Waals surface area contributed by atoms with E-state index in [4.69, 9.17) is 4.74 Å². The molecule has 2 aromatic carbocycles. The molecular formula is C18H16F2N2O3. The average molecular weight is 346 g/mol. The van der Waals surface area contributed by atoms with E-state index in [2.05, 4.69) is 5.32 Å². The van der Waals surface area contributed by atoms with Gasteiger partial charge in [-0.25, -0.2) is 8.78 Å². The van der Waals surface area contributed by atoms with Crippen LogP contribution in [0.3, 0.4) is 0 Å². The maximum atomic E-state index is 13.1. The van der Waals surface area contributed by atoms with Crippen LogP contribution in [0.1, 0.15) is 12.8 Å². The van der Waals surface area contributed by atoms with Crippen molar-refractivity contribution in [2.75, 3.05) is 23.4 Å². The third-order valence-corrected chi connectivity index (χ3v) is 3.72. The number of anilines is 2. The second-order valence-electron chi connectivity index (χ2n) is 5.64. The molecule has 0 aromatic heterocycles. The molecule has 3 rings (SSSR count). The van der Waals surface area contributed by atoms with Crippen LogP contribution in [-0.2, 0) is 9.59 Å². The van der Waals surface area contributed by atoms with Crippen molar-refractivity contribution >= 4 is 23.2 Å². The molecule has 1 aliphatic rings. The molecule has 0 bridgehead atoms. The lowest BCUT2D eigenvalue weighted by molar-refractivity contribution is -0.118. The summed E-state index contributed by atoms with van der Waals surface area (Å²) in [7, 11) is 0. The molecule has 25 heavy (non-hydrogen) atoms. The van der Waals surface area contributed by atoms with Crippen molar-refractivity contribution in [3.05, 3.63) is 54.1 Å². The van der Waals surface area contributed by atoms with Gasteiger partial charge in [0.1, 0.15) is 17.4 Å². The van der Waals surface area contributed by atoms with Gasteiger partial charge in [0, 0.05) is 36.5 Å². The lowest BCUT2D eigenvalue weighted by Crippen LogP contribution is -2.24. The number of nitrogens with zero attached hydrogens (tertiary/aromatic N) is 1. The second kappa shape index (κ2) is 7.29. The van der Waals surface area contributed by atoms with Gasteiger partial charge in [-0.05, 0) is 30.7 Å². The number of halogens is 2. The molecule has 1 N–H and O–H groups in total. The fraction of sp³-hybridized carbons (Fsp3) is 0.222. The monoisotopic (exact) mass is 346 g/mol. The van der Waals surface area contributed by atoms with E-state index in [0.29, 0.717) is 24.4 Å². The molecule has 0 saturated carbocycles. The summed E-state index contributed by atoms with van der Waals surface area (Å²) in [4.78, 5) is 25.3. The van der Waals surface area contributed by atoms with Gasteiger partial charge in [-0.15, -0.1) is 0 Å². The third-order valence-electron chi connectivity index (χ3n) is 3.72. The quantitative estimate of drug-likeness (QED) is 0.905. The molecule has 1 heterocycles. The van der Waals surface area contributed by atoms with E-state index in [0.717, 1.165) is 24.6 Å². The summed E-state index contributed by atoms with van der Waals surface area (Å²) in [5, 5.41) is 2.36. The van der Waals surface area contributed by atoms with Crippen LogP contribution in [0.4, 0.5) is 20.2 Å². The topological polar surface area (TPSA) is 58.6 Å². The Balaban J connectivity index is 1.59. The predicted octanol–water partition coefficient (Wildman–Crippen LogP) is 3.11. The van der Waals surface area contributed by atoms with Gasteiger partial charge in [-0.2, -0.15) is 0 Å². The van der Waals surface area contributed by atoms with E-state index >= 15 is 0 Å². The highest BCUT2D eigenvalue weighted by molar-refractivity contribution is 5.95. The van der Waals surface area contributed by atoms with Gasteiger partial charge in [0.25, 0.3) is 5.91 Å². The van der Waals surface area contributed by atoms with Crippen LogP contribution in [0.5, 0.6) is 5.75 Å². The Morgan fingerprint density at radius 1 is 1.16 bits per heavy atom. The Morgan fingerprint density at radius 2 is 1.92 bits per heavy atom. The molecule has 0 radical (unpaired) electrons. The summed E-state index contributed by atoms with van der Waals surface area (Å²) in [6.07, 6.45) is 1.34. The highest BCUT2D eigenvalue weighted by Gasteiger charge is 2.21. The van der Waals surface area contributed by atoms with Crippen molar-refractivity contribution in [3.8, 4) is 5.75 Å². The standard InChI is InChI=1S/C18H16F2N2O3/c19-12-7-13(20)9-14(8-12)21-17(23)11-25-16-4-1-3-15(10-16)22-6-2-5-18(22)24/h1,3-4,7-10H,2,5-6,11H2,(H,21,23). The first-order chi connectivity index (χ1) is 12.0. The fourth-order valence-corrected chi connectivity index (χ4v) is 2.63. The zero-order chi connectivity index (χ0) is 17.8. The fourth-order valence-electron chi connectivity index (χ4n) is 2.63. The van der Waals surface area contributed by atoms with Crippen molar-refractivity contribution in [3.63, 3.8) is 0 Å². The number of hydrogen-bond donors (Lipinski definition) is 1. The van der Waals surface area contributed by atoms with Gasteiger partial charge in [0.05, 0.1) is 0 Å². The van der Waals surface area contributed by atoms with Crippen molar-refractivity contribution in [2.45, 2.75) is 12.8 Å². The number of ether oxygens (including phenoxy) is 1. The summed E-state index contributed by atoms with van der Waals surface area (Å²) in [6.45, 7) is 0.337. The second-order valence-corrected chi connectivity index (χ2v) is 5.64. The Kier molecular flexibility index (Phi) is 4.92. The molecule has 130 valence electrons. The van der Waals surface area contributed by atoms with Crippen LogP contribution in [-0.4, -0.2) is 25.0 Å². The van der Waals surface area contributed by atoms with Crippen LogP contribution < -0.4 is 15.0 Å². The van der Waals surface area contributed by atoms with E-state index < -0.39 is 17.5 Å². The van der Waals surface area contributed by atoms with Crippen LogP contribution in [0.15, 0.2) is 42.5 Å². The molecule has 5 nitrogen and oxygen atoms in total. The lowest BCUT2D eigenvalue weighted by atomic mass is 10.3. The number of carbonyl (C=O) groups excluding carboxylic acids is 2. The zero-order valence-corrected chi connectivity index (χ0v) is 13.3. The van der Waals surface area contributed by atoms with Crippen LogP contribution >= 0.6 is 0 Å². The van der Waals surface area contributed by atoms with E-state index in [-0.39, 0.29) is 18.2 Å². The Labute approximate surface area is 143 Å². The molecule has 0 unspecified atom stereocenters. The minimum Gasteiger partial charge on any atom is -0.484 e. The average Bonchev–Trinajstić information content (AvgIpc) is 2.98. The van der Waals surface area contributed by atoms with Crippen LogP contribution in [0, 0.1) is 11.6 Å². The molecule has 0 spiro atoms. The minimum absolute atomic E-state index is 0.0162. The van der Waals surface area contributed by atoms with Gasteiger partial charge in [0.2, 0.25) is 5.91 Å². The molecule has 2 aromatic rings. The van der Waals surface area contributed by atoms with Gasteiger partial charge < -0.3 is 15.0 Å². The maximum Gasteiger partial charge on any atom is 0.262 e. The Hall–Kier alpha value is -2.96.